The van der Waals surface area contributed by atoms with E-state index in [-0.39, 0.29) is 23.0 Å². The topological polar surface area (TPSA) is 149 Å². The fraction of sp³-hybridized carbons (Fsp3) is 0.500. The van der Waals surface area contributed by atoms with Crippen molar-refractivity contribution >= 4 is 33.7 Å². The molecular weight excluding hydrogens is 486 g/mol. The minimum absolute atomic E-state index is 0.0421. The van der Waals surface area contributed by atoms with Gasteiger partial charge in [-0.05, 0) is 78.1 Å². The summed E-state index contributed by atoms with van der Waals surface area (Å²) in [5.74, 6) is 0.687. The van der Waals surface area contributed by atoms with Gasteiger partial charge >= 0.3 is 12.2 Å². The van der Waals surface area contributed by atoms with E-state index in [1.165, 1.54) is 12.1 Å². The van der Waals surface area contributed by atoms with Gasteiger partial charge in [-0.3, -0.25) is 4.98 Å². The van der Waals surface area contributed by atoms with Gasteiger partial charge in [0.25, 0.3) is 10.0 Å². The molecule has 0 saturated heterocycles. The first-order valence-electron chi connectivity index (χ1n) is 11.7. The highest BCUT2D eigenvalue weighted by molar-refractivity contribution is 7.90. The molecule has 1 saturated carbocycles. The van der Waals surface area contributed by atoms with Gasteiger partial charge in [-0.15, -0.1) is 0 Å². The zero-order valence-corrected chi connectivity index (χ0v) is 21.9. The lowest BCUT2D eigenvalue weighted by molar-refractivity contribution is 0.0570. The molecule has 0 spiro atoms. The van der Waals surface area contributed by atoms with Gasteiger partial charge in [0.2, 0.25) is 0 Å². The zero-order valence-electron chi connectivity index (χ0n) is 21.1. The van der Waals surface area contributed by atoms with E-state index in [1.54, 1.807) is 45.3 Å². The van der Waals surface area contributed by atoms with Gasteiger partial charge in [0.15, 0.2) is 0 Å². The first-order chi connectivity index (χ1) is 16.8. The number of benzene rings is 1. The lowest BCUT2D eigenvalue weighted by atomic mass is 10.0. The Morgan fingerprint density at radius 3 is 2.31 bits per heavy atom. The van der Waals surface area contributed by atoms with Crippen LogP contribution in [-0.2, 0) is 19.5 Å². The van der Waals surface area contributed by atoms with Crippen LogP contribution in [0.25, 0.3) is 0 Å². The van der Waals surface area contributed by atoms with Crippen LogP contribution in [0.1, 0.15) is 65.5 Å². The number of carbonyl (C=O) groups is 2. The number of rotatable bonds is 7. The maximum absolute atomic E-state index is 12.4. The maximum atomic E-state index is 12.4. The molecule has 1 heterocycles. The first kappa shape index (κ1) is 27.2. The summed E-state index contributed by atoms with van der Waals surface area (Å²) in [4.78, 5) is 32.5. The minimum atomic E-state index is -4.07. The van der Waals surface area contributed by atoms with Gasteiger partial charge in [0.1, 0.15) is 11.4 Å². The zero-order chi connectivity index (χ0) is 26.5. The molecule has 0 bridgehead atoms. The Labute approximate surface area is 211 Å². The van der Waals surface area contributed by atoms with E-state index in [4.69, 9.17) is 9.47 Å². The van der Waals surface area contributed by atoms with Crippen molar-refractivity contribution in [1.82, 2.24) is 20.0 Å². The third kappa shape index (κ3) is 8.08. The molecule has 12 heteroatoms. The van der Waals surface area contributed by atoms with Crippen molar-refractivity contribution in [3.05, 3.63) is 42.4 Å². The van der Waals surface area contributed by atoms with Crippen LogP contribution in [-0.4, -0.2) is 48.3 Å². The van der Waals surface area contributed by atoms with E-state index in [1.807, 2.05) is 18.6 Å². The van der Waals surface area contributed by atoms with Gasteiger partial charge in [0, 0.05) is 17.6 Å². The molecule has 0 aliphatic heterocycles. The largest absolute Gasteiger partial charge is 0.447 e. The summed E-state index contributed by atoms with van der Waals surface area (Å²) in [6, 6.07) is 5.89. The Hall–Kier alpha value is -3.41. The highest BCUT2D eigenvalue weighted by Gasteiger charge is 2.29. The van der Waals surface area contributed by atoms with Crippen molar-refractivity contribution in [2.75, 3.05) is 5.32 Å². The number of sulfonamides is 1. The van der Waals surface area contributed by atoms with E-state index < -0.39 is 27.8 Å². The van der Waals surface area contributed by atoms with Crippen LogP contribution in [0.3, 0.4) is 0 Å². The Morgan fingerprint density at radius 1 is 1.03 bits per heavy atom. The fourth-order valence-electron chi connectivity index (χ4n) is 3.74. The molecule has 2 amide bonds. The molecule has 3 N–H and O–H groups in total. The van der Waals surface area contributed by atoms with Crippen molar-refractivity contribution in [1.29, 1.82) is 0 Å². The number of carbonyl (C=O) groups excluding carboxylic acids is 2. The van der Waals surface area contributed by atoms with Gasteiger partial charge in [-0.25, -0.2) is 27.7 Å². The van der Waals surface area contributed by atoms with Crippen LogP contribution in [0.15, 0.2) is 41.6 Å². The molecule has 0 unspecified atom stereocenters. The molecule has 2 aromatic rings. The average Bonchev–Trinajstić information content (AvgIpc) is 3.20. The van der Waals surface area contributed by atoms with Crippen LogP contribution in [0.4, 0.5) is 21.1 Å². The van der Waals surface area contributed by atoms with Gasteiger partial charge in [0.05, 0.1) is 29.1 Å². The van der Waals surface area contributed by atoms with Gasteiger partial charge in [-0.2, -0.15) is 0 Å². The molecule has 1 aromatic heterocycles. The quantitative estimate of drug-likeness (QED) is 0.489. The van der Waals surface area contributed by atoms with Crippen molar-refractivity contribution in [2.24, 2.45) is 0 Å². The van der Waals surface area contributed by atoms with Crippen LogP contribution in [0.2, 0.25) is 0 Å². The molecule has 1 fully saturated rings. The standard InChI is InChI=1S/C24H33N5O6S/c1-15(2)34-22(30)28-18-7-6-16(12-18)20-13-26-21(14-25-20)27-17-8-10-19(11-9-17)36(32,33)29-23(31)35-24(3,4)5/h8-11,13-16,18H,6-7,12H2,1-5H3,(H,26,27)(H,28,30)(H,29,31)/t16-,18-/m0/s1. The third-order valence-corrected chi connectivity index (χ3v) is 6.57. The minimum Gasteiger partial charge on any atom is -0.447 e. The van der Waals surface area contributed by atoms with Gasteiger partial charge < -0.3 is 20.1 Å². The number of alkyl carbamates (subject to hydrolysis) is 1. The van der Waals surface area contributed by atoms with E-state index in [9.17, 15) is 18.0 Å². The summed E-state index contributed by atoms with van der Waals surface area (Å²) in [6.07, 6.45) is 4.20. The number of hydrogen-bond donors (Lipinski definition) is 3. The number of nitrogens with zero attached hydrogens (tertiary/aromatic N) is 2. The van der Waals surface area contributed by atoms with Crippen LogP contribution < -0.4 is 15.4 Å². The van der Waals surface area contributed by atoms with E-state index in [2.05, 4.69) is 20.6 Å². The van der Waals surface area contributed by atoms with Crippen molar-refractivity contribution in [3.8, 4) is 0 Å². The second kappa shape index (κ2) is 11.1. The summed E-state index contributed by atoms with van der Waals surface area (Å²) in [7, 11) is -4.07. The first-order valence-corrected chi connectivity index (χ1v) is 13.2. The van der Waals surface area contributed by atoms with Crippen molar-refractivity contribution < 1.29 is 27.5 Å². The van der Waals surface area contributed by atoms with E-state index in [0.717, 1.165) is 25.0 Å². The van der Waals surface area contributed by atoms with E-state index >= 15 is 0 Å². The predicted molar refractivity (Wildman–Crippen MR) is 133 cm³/mol. The summed E-state index contributed by atoms with van der Waals surface area (Å²) in [5.41, 5.74) is 0.626. The molecule has 196 valence electrons. The monoisotopic (exact) mass is 519 g/mol. The summed E-state index contributed by atoms with van der Waals surface area (Å²) in [6.45, 7) is 8.54. The number of anilines is 2. The van der Waals surface area contributed by atoms with Crippen molar-refractivity contribution in [3.63, 3.8) is 0 Å². The number of hydrogen-bond acceptors (Lipinski definition) is 9. The molecule has 0 radical (unpaired) electrons. The lowest BCUT2D eigenvalue weighted by Gasteiger charge is -2.19. The predicted octanol–water partition coefficient (Wildman–Crippen LogP) is 4.20. The number of ether oxygens (including phenoxy) is 2. The highest BCUT2D eigenvalue weighted by Crippen LogP contribution is 2.33. The number of nitrogens with one attached hydrogen (secondary N) is 3. The van der Waals surface area contributed by atoms with Crippen molar-refractivity contribution in [2.45, 2.75) is 82.4 Å². The Morgan fingerprint density at radius 2 is 1.72 bits per heavy atom. The molecule has 1 aromatic carbocycles. The molecule has 11 nitrogen and oxygen atoms in total. The summed E-state index contributed by atoms with van der Waals surface area (Å²) in [5, 5.41) is 5.97. The van der Waals surface area contributed by atoms with Gasteiger partial charge in [-0.1, -0.05) is 0 Å². The molecule has 1 aliphatic rings. The molecule has 36 heavy (non-hydrogen) atoms. The summed E-state index contributed by atoms with van der Waals surface area (Å²) < 4.78 is 36.8. The maximum Gasteiger partial charge on any atom is 0.421 e. The second-order valence-electron chi connectivity index (χ2n) is 9.89. The number of aromatic nitrogens is 2. The normalized spacial score (nSPS) is 17.9. The molecule has 3 rings (SSSR count). The SMILES string of the molecule is CC(C)OC(=O)N[C@H]1CC[C@H](c2cnc(Nc3ccc(S(=O)(=O)NC(=O)OC(C)(C)C)cc3)cn2)C1. The Balaban J connectivity index is 1.55. The molecular formula is C24H33N5O6S. The second-order valence-corrected chi connectivity index (χ2v) is 11.6. The van der Waals surface area contributed by atoms with Crippen LogP contribution in [0, 0.1) is 0 Å². The Kier molecular flexibility index (Phi) is 8.39. The average molecular weight is 520 g/mol. The fourth-order valence-corrected chi connectivity index (χ4v) is 4.62. The lowest BCUT2D eigenvalue weighted by Crippen LogP contribution is -2.36. The Bertz CT molecular complexity index is 1160. The van der Waals surface area contributed by atoms with E-state index in [0.29, 0.717) is 11.5 Å². The highest BCUT2D eigenvalue weighted by atomic mass is 32.2. The molecule has 2 atom stereocenters. The smallest absolute Gasteiger partial charge is 0.421 e. The van der Waals surface area contributed by atoms with Crippen LogP contribution in [0.5, 0.6) is 0 Å². The number of amides is 2. The van der Waals surface area contributed by atoms with Crippen LogP contribution >= 0.6 is 0 Å². The molecule has 1 aliphatic carbocycles. The summed E-state index contributed by atoms with van der Waals surface area (Å²) >= 11 is 0. The third-order valence-electron chi connectivity index (χ3n) is 5.24.